The van der Waals surface area contributed by atoms with Crippen molar-refractivity contribution in [1.82, 2.24) is 24.9 Å². The van der Waals surface area contributed by atoms with Gasteiger partial charge in [0.05, 0.1) is 0 Å². The van der Waals surface area contributed by atoms with E-state index in [1.807, 2.05) is 11.4 Å². The van der Waals surface area contributed by atoms with Crippen LogP contribution in [0.5, 0.6) is 0 Å². The lowest BCUT2D eigenvalue weighted by Gasteiger charge is -2.25. The minimum Gasteiger partial charge on any atom is -0.352 e. The van der Waals surface area contributed by atoms with Crippen molar-refractivity contribution in [3.63, 3.8) is 0 Å². The minimum atomic E-state index is 0.596. The monoisotopic (exact) mass is 244 g/mol. The van der Waals surface area contributed by atoms with Crippen LogP contribution in [0, 0.1) is 12.8 Å². The van der Waals surface area contributed by atoms with Crippen LogP contribution in [0.3, 0.4) is 0 Å². The van der Waals surface area contributed by atoms with E-state index in [-0.39, 0.29) is 0 Å². The first kappa shape index (κ1) is 10.3. The summed E-state index contributed by atoms with van der Waals surface area (Å²) in [6, 6.07) is 2.71. The van der Waals surface area contributed by atoms with Crippen molar-refractivity contribution in [3.05, 3.63) is 18.1 Å². The summed E-state index contributed by atoms with van der Waals surface area (Å²) in [5.74, 6) is 2.60. The van der Waals surface area contributed by atoms with Gasteiger partial charge in [-0.3, -0.25) is 0 Å². The van der Waals surface area contributed by atoms with Crippen molar-refractivity contribution in [2.45, 2.75) is 19.4 Å². The first-order chi connectivity index (χ1) is 8.83. The van der Waals surface area contributed by atoms with E-state index in [1.165, 1.54) is 6.42 Å². The van der Waals surface area contributed by atoms with Gasteiger partial charge in [0.1, 0.15) is 12.1 Å². The molecule has 0 saturated carbocycles. The van der Waals surface area contributed by atoms with Crippen LogP contribution in [-0.2, 0) is 0 Å². The molecule has 4 rings (SSSR count). The number of rotatable bonds is 1. The average Bonchev–Trinajstić information content (AvgIpc) is 3.02. The quantitative estimate of drug-likeness (QED) is 0.778. The molecule has 0 spiro atoms. The number of aromatic nitrogens is 4. The zero-order chi connectivity index (χ0) is 12.1. The zero-order valence-corrected chi connectivity index (χ0v) is 10.4. The lowest BCUT2D eigenvalue weighted by atomic mass is 10.1. The fourth-order valence-corrected chi connectivity index (χ4v) is 3.25. The molecule has 6 nitrogen and oxygen atoms in total. The van der Waals surface area contributed by atoms with E-state index in [9.17, 15) is 0 Å². The molecule has 0 radical (unpaired) electrons. The molecule has 6 heteroatoms. The standard InChI is InChI=1S/C12H16N6/c1-8-4-11(18-12(16-8)14-7-15-18)17-3-2-9-5-13-6-10(9)17/h4,7,9-10,13H,2-3,5-6H2,1H3/t9-,10+/m0/s1. The van der Waals surface area contributed by atoms with Gasteiger partial charge in [-0.1, -0.05) is 0 Å². The minimum absolute atomic E-state index is 0.596. The maximum absolute atomic E-state index is 4.40. The fraction of sp³-hybridized carbons (Fsp3) is 0.583. The van der Waals surface area contributed by atoms with Crippen LogP contribution in [0.2, 0.25) is 0 Å². The van der Waals surface area contributed by atoms with Crippen LogP contribution < -0.4 is 10.2 Å². The second kappa shape index (κ2) is 3.65. The predicted octanol–water partition coefficient (Wildman–Crippen LogP) is 0.231. The second-order valence-electron chi connectivity index (χ2n) is 5.20. The molecule has 0 aromatic carbocycles. The molecule has 0 unspecified atom stereocenters. The van der Waals surface area contributed by atoms with Crippen LogP contribution in [0.4, 0.5) is 5.82 Å². The highest BCUT2D eigenvalue weighted by atomic mass is 15.4. The summed E-state index contributed by atoms with van der Waals surface area (Å²) in [6.07, 6.45) is 2.83. The van der Waals surface area contributed by atoms with Crippen LogP contribution in [0.15, 0.2) is 12.4 Å². The fourth-order valence-electron chi connectivity index (χ4n) is 3.25. The summed E-state index contributed by atoms with van der Waals surface area (Å²) < 4.78 is 1.85. The number of anilines is 1. The third-order valence-electron chi connectivity index (χ3n) is 4.10. The van der Waals surface area contributed by atoms with Crippen molar-refractivity contribution in [3.8, 4) is 0 Å². The normalized spacial score (nSPS) is 27.1. The summed E-state index contributed by atoms with van der Waals surface area (Å²) >= 11 is 0. The number of hydrogen-bond donors (Lipinski definition) is 1. The highest BCUT2D eigenvalue weighted by Gasteiger charge is 2.38. The smallest absolute Gasteiger partial charge is 0.254 e. The number of aryl methyl sites for hydroxylation is 1. The zero-order valence-electron chi connectivity index (χ0n) is 10.4. The molecule has 0 aliphatic carbocycles. The van der Waals surface area contributed by atoms with Gasteiger partial charge in [-0.05, 0) is 19.3 Å². The van der Waals surface area contributed by atoms with E-state index >= 15 is 0 Å². The van der Waals surface area contributed by atoms with Crippen LogP contribution >= 0.6 is 0 Å². The maximum Gasteiger partial charge on any atom is 0.254 e. The molecule has 0 amide bonds. The molecule has 2 fully saturated rings. The number of hydrogen-bond acceptors (Lipinski definition) is 5. The molecule has 94 valence electrons. The number of nitrogens with zero attached hydrogens (tertiary/aromatic N) is 5. The predicted molar refractivity (Wildman–Crippen MR) is 67.6 cm³/mol. The van der Waals surface area contributed by atoms with E-state index in [1.54, 1.807) is 6.33 Å². The van der Waals surface area contributed by atoms with Gasteiger partial charge < -0.3 is 10.2 Å². The molecule has 18 heavy (non-hydrogen) atoms. The Kier molecular flexibility index (Phi) is 2.08. The Labute approximate surface area is 105 Å². The van der Waals surface area contributed by atoms with Crippen LogP contribution in [-0.4, -0.2) is 45.3 Å². The molecule has 2 aromatic rings. The Balaban J connectivity index is 1.84. The summed E-state index contributed by atoms with van der Waals surface area (Å²) in [5.41, 5.74) is 1.000. The van der Waals surface area contributed by atoms with E-state index in [0.717, 1.165) is 37.1 Å². The third-order valence-corrected chi connectivity index (χ3v) is 4.10. The molecule has 2 saturated heterocycles. The first-order valence-electron chi connectivity index (χ1n) is 6.48. The molecule has 2 aliphatic heterocycles. The van der Waals surface area contributed by atoms with Gasteiger partial charge in [0.15, 0.2) is 0 Å². The Morgan fingerprint density at radius 1 is 1.39 bits per heavy atom. The summed E-state index contributed by atoms with van der Waals surface area (Å²) in [7, 11) is 0. The third kappa shape index (κ3) is 1.35. The van der Waals surface area contributed by atoms with Gasteiger partial charge >= 0.3 is 0 Å². The summed E-state index contributed by atoms with van der Waals surface area (Å²) in [4.78, 5) is 11.1. The van der Waals surface area contributed by atoms with Gasteiger partial charge in [-0.25, -0.2) is 4.98 Å². The number of fused-ring (bicyclic) bond motifs is 2. The Hall–Kier alpha value is -1.69. The lowest BCUT2D eigenvalue weighted by Crippen LogP contribution is -2.35. The maximum atomic E-state index is 4.40. The molecule has 0 bridgehead atoms. The Morgan fingerprint density at radius 3 is 3.28 bits per heavy atom. The molecular formula is C12H16N6. The van der Waals surface area contributed by atoms with Crippen molar-refractivity contribution in [2.75, 3.05) is 24.5 Å². The SMILES string of the molecule is Cc1cc(N2CC[C@H]3CNC[C@H]32)n2ncnc2n1. The lowest BCUT2D eigenvalue weighted by molar-refractivity contribution is 0.575. The van der Waals surface area contributed by atoms with E-state index in [0.29, 0.717) is 11.8 Å². The van der Waals surface area contributed by atoms with E-state index in [4.69, 9.17) is 0 Å². The second-order valence-corrected chi connectivity index (χ2v) is 5.20. The molecule has 2 aliphatic rings. The van der Waals surface area contributed by atoms with E-state index < -0.39 is 0 Å². The van der Waals surface area contributed by atoms with Gasteiger partial charge in [-0.2, -0.15) is 14.6 Å². The Bertz CT molecular complexity index is 591. The van der Waals surface area contributed by atoms with Crippen molar-refractivity contribution in [2.24, 2.45) is 5.92 Å². The highest BCUT2D eigenvalue weighted by Crippen LogP contribution is 2.31. The molecule has 4 heterocycles. The van der Waals surface area contributed by atoms with Crippen molar-refractivity contribution < 1.29 is 0 Å². The van der Waals surface area contributed by atoms with Gasteiger partial charge in [-0.15, -0.1) is 0 Å². The highest BCUT2D eigenvalue weighted by molar-refractivity contribution is 5.49. The first-order valence-corrected chi connectivity index (χ1v) is 6.48. The molecule has 1 N–H and O–H groups in total. The average molecular weight is 244 g/mol. The van der Waals surface area contributed by atoms with Crippen LogP contribution in [0.1, 0.15) is 12.1 Å². The van der Waals surface area contributed by atoms with Gasteiger partial charge in [0.25, 0.3) is 5.78 Å². The molecule has 2 atom stereocenters. The largest absolute Gasteiger partial charge is 0.352 e. The van der Waals surface area contributed by atoms with E-state index in [2.05, 4.69) is 31.3 Å². The Morgan fingerprint density at radius 2 is 2.33 bits per heavy atom. The summed E-state index contributed by atoms with van der Waals surface area (Å²) in [5, 5.41) is 7.78. The van der Waals surface area contributed by atoms with Gasteiger partial charge in [0, 0.05) is 37.4 Å². The number of nitrogens with one attached hydrogen (secondary N) is 1. The summed E-state index contributed by atoms with van der Waals surface area (Å²) in [6.45, 7) is 5.34. The molecular weight excluding hydrogens is 228 g/mol. The topological polar surface area (TPSA) is 58.4 Å². The van der Waals surface area contributed by atoms with Gasteiger partial charge in [0.2, 0.25) is 0 Å². The molecule has 2 aromatic heterocycles. The van der Waals surface area contributed by atoms with Crippen LogP contribution in [0.25, 0.3) is 5.78 Å². The van der Waals surface area contributed by atoms with Crippen molar-refractivity contribution >= 4 is 11.6 Å². The van der Waals surface area contributed by atoms with Crippen molar-refractivity contribution in [1.29, 1.82) is 0 Å².